The minimum Gasteiger partial charge on any atom is -0.384 e. The zero-order valence-corrected chi connectivity index (χ0v) is 12.0. The maximum atomic E-state index is 11.5. The van der Waals surface area contributed by atoms with Gasteiger partial charge < -0.3 is 10.3 Å². The molecule has 1 aliphatic carbocycles. The molecule has 0 spiro atoms. The highest BCUT2D eigenvalue weighted by Gasteiger charge is 2.27. The zero-order valence-electron chi connectivity index (χ0n) is 8.82. The van der Waals surface area contributed by atoms with Crippen molar-refractivity contribution in [1.82, 2.24) is 4.57 Å². The van der Waals surface area contributed by atoms with Gasteiger partial charge in [-0.2, -0.15) is 0 Å². The van der Waals surface area contributed by atoms with Crippen LogP contribution in [0.25, 0.3) is 6.20 Å². The Kier molecular flexibility index (Phi) is 3.53. The lowest BCUT2D eigenvalue weighted by atomic mass is 10.2. The van der Waals surface area contributed by atoms with Crippen molar-refractivity contribution in [2.45, 2.75) is 12.8 Å². The summed E-state index contributed by atoms with van der Waals surface area (Å²) in [5, 5.41) is 0. The van der Waals surface area contributed by atoms with E-state index in [0.717, 1.165) is 12.8 Å². The second kappa shape index (κ2) is 4.78. The Hall–Kier alpha value is -0.880. The lowest BCUT2D eigenvalue weighted by molar-refractivity contribution is -0.115. The van der Waals surface area contributed by atoms with E-state index < -0.39 is 0 Å². The molecule has 1 aromatic rings. The van der Waals surface area contributed by atoms with Crippen molar-refractivity contribution < 1.29 is 4.79 Å². The number of hydrogen-bond donors (Lipinski definition) is 1. The Labute approximate surface area is 115 Å². The van der Waals surface area contributed by atoms with E-state index in [0.29, 0.717) is 4.47 Å². The zero-order chi connectivity index (χ0) is 12.6. The number of nitrogens with zero attached hydrogens (tertiary/aromatic N) is 1. The first kappa shape index (κ1) is 12.6. The fraction of sp³-hybridized carbons (Fsp3) is 0.273. The summed E-state index contributed by atoms with van der Waals surface area (Å²) in [7, 11) is 0. The summed E-state index contributed by atoms with van der Waals surface area (Å²) in [6, 6.07) is 0. The van der Waals surface area contributed by atoms with E-state index in [4.69, 9.17) is 5.73 Å². The molecule has 0 saturated heterocycles. The van der Waals surface area contributed by atoms with Crippen LogP contribution in [0.3, 0.4) is 0 Å². The third-order valence-electron chi connectivity index (χ3n) is 2.55. The number of allylic oxidation sites excluding steroid dienone is 1. The van der Waals surface area contributed by atoms with E-state index >= 15 is 0 Å². The number of ketones is 1. The monoisotopic (exact) mass is 360 g/mol. The van der Waals surface area contributed by atoms with Gasteiger partial charge in [-0.1, -0.05) is 0 Å². The molecule has 2 rings (SSSR count). The van der Waals surface area contributed by atoms with Crippen LogP contribution in [0.5, 0.6) is 0 Å². The van der Waals surface area contributed by atoms with Gasteiger partial charge in [0.05, 0.1) is 4.47 Å². The number of hydrogen-bond acceptors (Lipinski definition) is 3. The standard InChI is InChI=1S/C11H10Br2N2O2/c12-7-5-15(11(14)9(13)10(7)17)4-3-8(16)6-1-2-6/h3-6H,1-2,14H2/b4-3+. The van der Waals surface area contributed by atoms with Gasteiger partial charge in [-0.15, -0.1) is 0 Å². The van der Waals surface area contributed by atoms with E-state index in [1.807, 2.05) is 0 Å². The molecule has 0 bridgehead atoms. The Balaban J connectivity index is 2.32. The van der Waals surface area contributed by atoms with Gasteiger partial charge in [0.1, 0.15) is 10.3 Å². The third kappa shape index (κ3) is 2.69. The molecule has 1 aliphatic rings. The fourth-order valence-corrected chi connectivity index (χ4v) is 2.47. The highest BCUT2D eigenvalue weighted by Crippen LogP contribution is 2.30. The van der Waals surface area contributed by atoms with Gasteiger partial charge in [0.15, 0.2) is 5.78 Å². The number of rotatable bonds is 3. The maximum Gasteiger partial charge on any atom is 0.212 e. The Bertz CT molecular complexity index is 559. The first-order valence-corrected chi connectivity index (χ1v) is 6.67. The number of nitrogen functional groups attached to an aromatic ring is 1. The number of halogens is 2. The number of carbonyl (C=O) groups is 1. The average Bonchev–Trinajstić information content (AvgIpc) is 3.13. The van der Waals surface area contributed by atoms with Crippen LogP contribution in [0, 0.1) is 5.92 Å². The smallest absolute Gasteiger partial charge is 0.212 e. The molecule has 4 nitrogen and oxygen atoms in total. The topological polar surface area (TPSA) is 65.1 Å². The minimum atomic E-state index is -0.208. The van der Waals surface area contributed by atoms with Crippen LogP contribution in [0.4, 0.5) is 5.82 Å². The molecule has 1 heterocycles. The molecule has 6 heteroatoms. The fourth-order valence-electron chi connectivity index (χ4n) is 1.37. The highest BCUT2D eigenvalue weighted by atomic mass is 79.9. The van der Waals surface area contributed by atoms with Crippen LogP contribution in [0.2, 0.25) is 0 Å². The molecular formula is C11H10Br2N2O2. The number of aromatic nitrogens is 1. The summed E-state index contributed by atoms with van der Waals surface area (Å²) >= 11 is 6.26. The molecule has 0 aromatic carbocycles. The lowest BCUT2D eigenvalue weighted by Gasteiger charge is -2.07. The molecule has 1 aromatic heterocycles. The second-order valence-electron chi connectivity index (χ2n) is 3.91. The summed E-state index contributed by atoms with van der Waals surface area (Å²) in [4.78, 5) is 23.0. The van der Waals surface area contributed by atoms with Gasteiger partial charge in [-0.05, 0) is 50.8 Å². The van der Waals surface area contributed by atoms with Gasteiger partial charge in [-0.25, -0.2) is 0 Å². The van der Waals surface area contributed by atoms with E-state index in [2.05, 4.69) is 31.9 Å². The number of carbonyl (C=O) groups excluding carboxylic acids is 1. The number of nitrogens with two attached hydrogens (primary N) is 1. The molecule has 2 N–H and O–H groups in total. The SMILES string of the molecule is Nc1c(Br)c(=O)c(Br)cn1/C=C/C(=O)C1CC1. The minimum absolute atomic E-state index is 0.107. The summed E-state index contributed by atoms with van der Waals surface area (Å²) in [5.41, 5.74) is 5.56. The second-order valence-corrected chi connectivity index (χ2v) is 5.55. The van der Waals surface area contributed by atoms with Crippen LogP contribution < -0.4 is 11.2 Å². The molecule has 0 amide bonds. The first-order valence-electron chi connectivity index (χ1n) is 5.08. The van der Waals surface area contributed by atoms with Crippen LogP contribution in [-0.2, 0) is 4.79 Å². The molecule has 1 saturated carbocycles. The van der Waals surface area contributed by atoms with Crippen LogP contribution in [0.15, 0.2) is 26.0 Å². The lowest BCUT2D eigenvalue weighted by Crippen LogP contribution is -2.12. The van der Waals surface area contributed by atoms with Gasteiger partial charge >= 0.3 is 0 Å². The van der Waals surface area contributed by atoms with Crippen molar-refractivity contribution >= 4 is 49.7 Å². The Morgan fingerprint density at radius 3 is 2.71 bits per heavy atom. The Morgan fingerprint density at radius 2 is 2.12 bits per heavy atom. The van der Waals surface area contributed by atoms with Crippen molar-refractivity contribution in [1.29, 1.82) is 0 Å². The summed E-state index contributed by atoms with van der Waals surface area (Å²) in [6.45, 7) is 0. The Morgan fingerprint density at radius 1 is 1.47 bits per heavy atom. The summed E-state index contributed by atoms with van der Waals surface area (Å²) < 4.78 is 2.22. The average molecular weight is 362 g/mol. The normalized spacial score (nSPS) is 15.4. The molecule has 17 heavy (non-hydrogen) atoms. The maximum absolute atomic E-state index is 11.5. The predicted octanol–water partition coefficient (Wildman–Crippen LogP) is 2.41. The summed E-state index contributed by atoms with van der Waals surface area (Å²) in [6.07, 6.45) is 6.55. The van der Waals surface area contributed by atoms with Crippen molar-refractivity contribution in [2.75, 3.05) is 5.73 Å². The molecule has 0 atom stereocenters. The van der Waals surface area contributed by atoms with Gasteiger partial charge in [0.2, 0.25) is 5.43 Å². The third-order valence-corrected chi connectivity index (χ3v) is 3.88. The van der Waals surface area contributed by atoms with Crippen molar-refractivity contribution in [2.24, 2.45) is 5.92 Å². The summed E-state index contributed by atoms with van der Waals surface area (Å²) in [5.74, 6) is 0.562. The molecule has 0 aliphatic heterocycles. The van der Waals surface area contributed by atoms with E-state index in [1.54, 1.807) is 12.4 Å². The van der Waals surface area contributed by atoms with Crippen LogP contribution >= 0.6 is 31.9 Å². The van der Waals surface area contributed by atoms with Gasteiger partial charge in [-0.3, -0.25) is 9.59 Å². The van der Waals surface area contributed by atoms with Crippen LogP contribution in [0.1, 0.15) is 12.8 Å². The molecule has 0 radical (unpaired) electrons. The van der Waals surface area contributed by atoms with Crippen molar-refractivity contribution in [3.63, 3.8) is 0 Å². The molecule has 90 valence electrons. The first-order chi connectivity index (χ1) is 8.00. The molecular weight excluding hydrogens is 352 g/mol. The van der Waals surface area contributed by atoms with E-state index in [9.17, 15) is 9.59 Å². The van der Waals surface area contributed by atoms with Crippen molar-refractivity contribution in [3.05, 3.63) is 31.4 Å². The molecule has 0 unspecified atom stereocenters. The largest absolute Gasteiger partial charge is 0.384 e. The van der Waals surface area contributed by atoms with E-state index in [-0.39, 0.29) is 27.4 Å². The molecule has 1 fully saturated rings. The quantitative estimate of drug-likeness (QED) is 0.840. The number of anilines is 1. The van der Waals surface area contributed by atoms with Gasteiger partial charge in [0.25, 0.3) is 0 Å². The highest BCUT2D eigenvalue weighted by molar-refractivity contribution is 9.11. The predicted molar refractivity (Wildman–Crippen MR) is 73.6 cm³/mol. The number of pyridine rings is 1. The van der Waals surface area contributed by atoms with Gasteiger partial charge in [0, 0.05) is 18.3 Å². The van der Waals surface area contributed by atoms with E-state index in [1.165, 1.54) is 10.6 Å². The van der Waals surface area contributed by atoms with Crippen molar-refractivity contribution in [3.8, 4) is 0 Å². The van der Waals surface area contributed by atoms with Crippen LogP contribution in [-0.4, -0.2) is 10.4 Å².